The van der Waals surface area contributed by atoms with Crippen molar-refractivity contribution in [2.75, 3.05) is 38.6 Å². The smallest absolute Gasteiger partial charge is 0.341 e. The summed E-state index contributed by atoms with van der Waals surface area (Å²) in [5, 5.41) is 4.94. The van der Waals surface area contributed by atoms with Crippen LogP contribution >= 0.6 is 35.2 Å². The molecule has 0 saturated carbocycles. The minimum absolute atomic E-state index is 0.224. The summed E-state index contributed by atoms with van der Waals surface area (Å²) >= 11 is 13.1. The molecule has 2 heterocycles. The molecule has 1 saturated heterocycles. The highest BCUT2D eigenvalue weighted by molar-refractivity contribution is 7.89. The number of thiocarbonyl (C=S) groups is 1. The summed E-state index contributed by atoms with van der Waals surface area (Å²) < 4.78 is 32.4. The molecule has 0 radical (unpaired) electrons. The highest BCUT2D eigenvalue weighted by atomic mass is 35.5. The van der Waals surface area contributed by atoms with Crippen molar-refractivity contribution >= 4 is 61.3 Å². The van der Waals surface area contributed by atoms with E-state index in [1.807, 2.05) is 4.90 Å². The number of esters is 1. The number of anilines is 1. The molecule has 1 N–H and O–H groups in total. The molecule has 1 atom stereocenters. The molecule has 33 heavy (non-hydrogen) atoms. The third-order valence-corrected chi connectivity index (χ3v) is 9.79. The van der Waals surface area contributed by atoms with Crippen LogP contribution in [0.2, 0.25) is 5.02 Å². The van der Waals surface area contributed by atoms with Crippen LogP contribution in [0.4, 0.5) is 5.00 Å². The number of methoxy groups -OCH3 is 1. The first-order chi connectivity index (χ1) is 15.7. The number of rotatable bonds is 4. The number of halogens is 1. The lowest BCUT2D eigenvalue weighted by molar-refractivity contribution is 0.0600. The summed E-state index contributed by atoms with van der Waals surface area (Å²) in [6.45, 7) is 3.75. The Morgan fingerprint density at radius 2 is 1.88 bits per heavy atom. The number of piperazine rings is 1. The molecule has 1 aliphatic heterocycles. The van der Waals surface area contributed by atoms with Crippen LogP contribution in [0, 0.1) is 5.92 Å². The Morgan fingerprint density at radius 3 is 2.52 bits per heavy atom. The van der Waals surface area contributed by atoms with Crippen molar-refractivity contribution in [2.24, 2.45) is 5.92 Å². The number of hydrogen-bond donors (Lipinski definition) is 1. The van der Waals surface area contributed by atoms with Gasteiger partial charge in [0.25, 0.3) is 0 Å². The molecular weight excluding hydrogens is 502 g/mol. The van der Waals surface area contributed by atoms with Gasteiger partial charge in [-0.25, -0.2) is 13.2 Å². The fourth-order valence-corrected chi connectivity index (χ4v) is 7.52. The second kappa shape index (κ2) is 9.87. The number of hydrogen-bond acceptors (Lipinski definition) is 6. The highest BCUT2D eigenvalue weighted by Gasteiger charge is 2.31. The second-order valence-corrected chi connectivity index (χ2v) is 12.2. The topological polar surface area (TPSA) is 79.0 Å². The number of carbonyl (C=O) groups is 1. The summed E-state index contributed by atoms with van der Waals surface area (Å²) in [4.78, 5) is 15.9. The molecule has 0 bridgehead atoms. The number of fused-ring (bicyclic) bond motifs is 1. The van der Waals surface area contributed by atoms with E-state index in [1.54, 1.807) is 23.5 Å². The number of nitrogens with one attached hydrogen (secondary N) is 1. The van der Waals surface area contributed by atoms with Crippen LogP contribution in [0.3, 0.4) is 0 Å². The van der Waals surface area contributed by atoms with Crippen LogP contribution in [-0.2, 0) is 27.6 Å². The minimum Gasteiger partial charge on any atom is -0.465 e. The zero-order chi connectivity index (χ0) is 23.8. The maximum atomic E-state index is 12.9. The molecule has 1 aromatic carbocycles. The number of carbonyl (C=O) groups excluding carboxylic acids is 1. The first kappa shape index (κ1) is 24.4. The molecule has 1 aromatic heterocycles. The molecule has 7 nitrogen and oxygen atoms in total. The molecule has 1 aliphatic carbocycles. The van der Waals surface area contributed by atoms with E-state index in [9.17, 15) is 13.2 Å². The first-order valence-corrected chi connectivity index (χ1v) is 13.8. The molecule has 178 valence electrons. The van der Waals surface area contributed by atoms with Crippen LogP contribution in [-0.4, -0.2) is 62.0 Å². The van der Waals surface area contributed by atoms with Gasteiger partial charge in [-0.2, -0.15) is 4.31 Å². The minimum atomic E-state index is -3.59. The largest absolute Gasteiger partial charge is 0.465 e. The van der Waals surface area contributed by atoms with Gasteiger partial charge < -0.3 is 15.0 Å². The molecule has 11 heteroatoms. The lowest BCUT2D eigenvalue weighted by Gasteiger charge is -2.35. The van der Waals surface area contributed by atoms with Gasteiger partial charge in [0.15, 0.2) is 5.11 Å². The highest BCUT2D eigenvalue weighted by Crippen LogP contribution is 2.40. The van der Waals surface area contributed by atoms with Gasteiger partial charge in [0.05, 0.1) is 17.6 Å². The standard InChI is InChI=1S/C22H26ClN3O4S3/c1-14-3-8-17-18(13-14)32-20(19(17)21(27)30-2)24-22(31)25-9-11-26(12-10-25)33(28,29)16-6-4-15(23)5-7-16/h4-7,14H,3,8-13H2,1-2H3,(H,24,31). The Hall–Kier alpha value is -1.72. The lowest BCUT2D eigenvalue weighted by atomic mass is 9.88. The average Bonchev–Trinajstić information content (AvgIpc) is 3.15. The Kier molecular flexibility index (Phi) is 7.30. The van der Waals surface area contributed by atoms with Gasteiger partial charge in [-0.15, -0.1) is 11.3 Å². The van der Waals surface area contributed by atoms with Gasteiger partial charge in [0.1, 0.15) is 5.00 Å². The van der Waals surface area contributed by atoms with Crippen LogP contribution in [0.5, 0.6) is 0 Å². The first-order valence-electron chi connectivity index (χ1n) is 10.7. The van der Waals surface area contributed by atoms with E-state index < -0.39 is 10.0 Å². The maximum absolute atomic E-state index is 12.9. The van der Waals surface area contributed by atoms with Crippen molar-refractivity contribution in [1.82, 2.24) is 9.21 Å². The average molecular weight is 528 g/mol. The zero-order valence-electron chi connectivity index (χ0n) is 18.5. The number of benzene rings is 1. The fraction of sp³-hybridized carbons (Fsp3) is 0.455. The van der Waals surface area contributed by atoms with Gasteiger partial charge in [0, 0.05) is 36.1 Å². The number of nitrogens with zero attached hydrogens (tertiary/aromatic N) is 2. The van der Waals surface area contributed by atoms with Crippen LogP contribution in [0.15, 0.2) is 29.2 Å². The van der Waals surface area contributed by atoms with Crippen LogP contribution in [0.1, 0.15) is 34.1 Å². The van der Waals surface area contributed by atoms with Crippen LogP contribution < -0.4 is 5.32 Å². The molecule has 4 rings (SSSR count). The molecule has 0 amide bonds. The number of ether oxygens (including phenoxy) is 1. The van der Waals surface area contributed by atoms with E-state index in [0.29, 0.717) is 52.8 Å². The van der Waals surface area contributed by atoms with Gasteiger partial charge in [-0.1, -0.05) is 18.5 Å². The molecule has 2 aromatic rings. The van der Waals surface area contributed by atoms with E-state index in [1.165, 1.54) is 28.4 Å². The van der Waals surface area contributed by atoms with Crippen LogP contribution in [0.25, 0.3) is 0 Å². The predicted octanol–water partition coefficient (Wildman–Crippen LogP) is 4.02. The number of sulfonamides is 1. The van der Waals surface area contributed by atoms with E-state index >= 15 is 0 Å². The van der Waals surface area contributed by atoms with E-state index in [0.717, 1.165) is 24.8 Å². The summed E-state index contributed by atoms with van der Waals surface area (Å²) in [6, 6.07) is 6.18. The summed E-state index contributed by atoms with van der Waals surface area (Å²) in [6.07, 6.45) is 2.84. The van der Waals surface area contributed by atoms with Gasteiger partial charge in [-0.05, 0) is 67.2 Å². The van der Waals surface area contributed by atoms with Gasteiger partial charge in [-0.3, -0.25) is 0 Å². The third kappa shape index (κ3) is 5.05. The van der Waals surface area contributed by atoms with Crippen molar-refractivity contribution in [1.29, 1.82) is 0 Å². The summed E-state index contributed by atoms with van der Waals surface area (Å²) in [5.74, 6) is 0.225. The third-order valence-electron chi connectivity index (χ3n) is 6.10. The van der Waals surface area contributed by atoms with Crippen molar-refractivity contribution in [3.05, 3.63) is 45.3 Å². The fourth-order valence-electron chi connectivity index (χ4n) is 4.22. The van der Waals surface area contributed by atoms with Crippen molar-refractivity contribution < 1.29 is 17.9 Å². The monoisotopic (exact) mass is 527 g/mol. The summed E-state index contributed by atoms with van der Waals surface area (Å²) in [5.41, 5.74) is 1.64. The van der Waals surface area contributed by atoms with Crippen molar-refractivity contribution in [3.63, 3.8) is 0 Å². The van der Waals surface area contributed by atoms with Gasteiger partial charge in [0.2, 0.25) is 10.0 Å². The molecule has 0 spiro atoms. The quantitative estimate of drug-likeness (QED) is 0.475. The van der Waals surface area contributed by atoms with Gasteiger partial charge >= 0.3 is 5.97 Å². The Morgan fingerprint density at radius 1 is 1.21 bits per heavy atom. The van der Waals surface area contributed by atoms with Crippen molar-refractivity contribution in [3.8, 4) is 0 Å². The van der Waals surface area contributed by atoms with E-state index in [-0.39, 0.29) is 10.9 Å². The second-order valence-electron chi connectivity index (χ2n) is 8.32. The zero-order valence-corrected chi connectivity index (χ0v) is 21.7. The number of thiophene rings is 1. The van der Waals surface area contributed by atoms with E-state index in [2.05, 4.69) is 12.2 Å². The SMILES string of the molecule is COC(=O)c1c(NC(=S)N2CCN(S(=O)(=O)c3ccc(Cl)cc3)CC2)sc2c1CCC(C)C2. The predicted molar refractivity (Wildman–Crippen MR) is 135 cm³/mol. The molecule has 1 unspecified atom stereocenters. The molecule has 1 fully saturated rings. The molecule has 2 aliphatic rings. The summed E-state index contributed by atoms with van der Waals surface area (Å²) in [7, 11) is -2.20. The normalized spacial score (nSPS) is 19.1. The maximum Gasteiger partial charge on any atom is 0.341 e. The lowest BCUT2D eigenvalue weighted by Crippen LogP contribution is -2.51. The Bertz CT molecular complexity index is 1160. The van der Waals surface area contributed by atoms with E-state index in [4.69, 9.17) is 28.6 Å². The van der Waals surface area contributed by atoms with Crippen molar-refractivity contribution in [2.45, 2.75) is 31.1 Å². The Balaban J connectivity index is 1.45. The Labute approximate surface area is 208 Å². The molecular formula is C22H26ClN3O4S3.